The zero-order valence-electron chi connectivity index (χ0n) is 23.2. The first kappa shape index (κ1) is 24.8. The van der Waals surface area contributed by atoms with Gasteiger partial charge in [-0.1, -0.05) is 78.9 Å². The zero-order chi connectivity index (χ0) is 28.6. The maximum atomic E-state index is 6.02. The second kappa shape index (κ2) is 10.5. The second-order valence-electron chi connectivity index (χ2n) is 10.4. The van der Waals surface area contributed by atoms with Crippen LogP contribution in [0.5, 0.6) is 0 Å². The molecule has 3 heterocycles. The van der Waals surface area contributed by atoms with Gasteiger partial charge < -0.3 is 9.32 Å². The highest BCUT2D eigenvalue weighted by molar-refractivity contribution is 6.05. The minimum atomic E-state index is 0.790. The number of aromatic nitrogens is 3. The Hall–Kier alpha value is -5.94. The first-order valence-electron chi connectivity index (χ1n) is 14.2. The first-order valence-corrected chi connectivity index (χ1v) is 14.2. The fourth-order valence-electron chi connectivity index (χ4n) is 5.72. The van der Waals surface area contributed by atoms with E-state index in [-0.39, 0.29) is 0 Å². The van der Waals surface area contributed by atoms with E-state index in [1.807, 2.05) is 61.1 Å². The third kappa shape index (κ3) is 4.53. The third-order valence-corrected chi connectivity index (χ3v) is 7.72. The third-order valence-electron chi connectivity index (χ3n) is 7.72. The smallest absolute Gasteiger partial charge is 0.153 e. The van der Waals surface area contributed by atoms with Crippen LogP contribution in [0.3, 0.4) is 0 Å². The molecule has 0 aliphatic carbocycles. The van der Waals surface area contributed by atoms with Gasteiger partial charge in [-0.2, -0.15) is 0 Å². The summed E-state index contributed by atoms with van der Waals surface area (Å²) < 4.78 is 8.14. The van der Waals surface area contributed by atoms with Crippen LogP contribution in [0.4, 0.5) is 17.1 Å². The van der Waals surface area contributed by atoms with Gasteiger partial charge in [-0.15, -0.1) is 0 Å². The number of benzene rings is 5. The van der Waals surface area contributed by atoms with Crippen LogP contribution < -0.4 is 4.90 Å². The lowest BCUT2D eigenvalue weighted by atomic mass is 10.1. The molecule has 5 nitrogen and oxygen atoms in total. The Balaban J connectivity index is 1.23. The average molecular weight is 555 g/mol. The van der Waals surface area contributed by atoms with E-state index in [0.717, 1.165) is 67.3 Å². The van der Waals surface area contributed by atoms with Crippen LogP contribution in [-0.4, -0.2) is 14.5 Å². The molecule has 0 radical (unpaired) electrons. The van der Waals surface area contributed by atoms with Gasteiger partial charge in [0.15, 0.2) is 5.58 Å². The highest BCUT2D eigenvalue weighted by Crippen LogP contribution is 2.38. The number of hydrogen-bond donors (Lipinski definition) is 0. The molecule has 0 saturated heterocycles. The molecular weight excluding hydrogens is 528 g/mol. The summed E-state index contributed by atoms with van der Waals surface area (Å²) in [7, 11) is 0. The molecule has 8 aromatic rings. The second-order valence-corrected chi connectivity index (χ2v) is 10.4. The molecule has 0 spiro atoms. The van der Waals surface area contributed by atoms with Crippen molar-refractivity contribution >= 4 is 39.0 Å². The predicted molar refractivity (Wildman–Crippen MR) is 174 cm³/mol. The van der Waals surface area contributed by atoms with Crippen molar-refractivity contribution < 1.29 is 4.42 Å². The minimum Gasteiger partial charge on any atom is -0.454 e. The van der Waals surface area contributed by atoms with Gasteiger partial charge in [-0.05, 0) is 60.7 Å². The van der Waals surface area contributed by atoms with E-state index in [4.69, 9.17) is 14.4 Å². The molecule has 0 N–H and O–H groups in total. The van der Waals surface area contributed by atoms with Gasteiger partial charge >= 0.3 is 0 Å². The monoisotopic (exact) mass is 554 g/mol. The summed E-state index contributed by atoms with van der Waals surface area (Å²) in [5.41, 5.74) is 8.82. The Kier molecular flexibility index (Phi) is 6.05. The standard InChI is InChI=1S/C38H26N4O/c1-3-13-29(14-4-1)41-22-21-39-38(41)28-12-10-18-32(24-28)42(30-15-5-2-6-16-30)31-17-9-11-27(23-31)35-25-34-33-19-7-8-20-36(33)43-37(34)26-40-35/h1-26H. The SMILES string of the molecule is c1ccc(N(c2cccc(-c3cc4c(cn3)oc3ccccc34)c2)c2cccc(-c3nccn3-c3ccccc3)c2)cc1. The van der Waals surface area contributed by atoms with E-state index < -0.39 is 0 Å². The van der Waals surface area contributed by atoms with Crippen molar-refractivity contribution in [1.29, 1.82) is 0 Å². The molecule has 204 valence electrons. The van der Waals surface area contributed by atoms with E-state index in [1.54, 1.807) is 0 Å². The molecule has 43 heavy (non-hydrogen) atoms. The quantitative estimate of drug-likeness (QED) is 0.205. The molecule has 3 aromatic heterocycles. The number of furan rings is 1. The van der Waals surface area contributed by atoms with Crippen molar-refractivity contribution in [3.8, 4) is 28.3 Å². The lowest BCUT2D eigenvalue weighted by Gasteiger charge is -2.26. The molecule has 0 aliphatic rings. The number of imidazole rings is 1. The highest BCUT2D eigenvalue weighted by atomic mass is 16.3. The molecule has 0 unspecified atom stereocenters. The lowest BCUT2D eigenvalue weighted by Crippen LogP contribution is -2.10. The summed E-state index contributed by atoms with van der Waals surface area (Å²) in [4.78, 5) is 11.8. The molecule has 5 aromatic carbocycles. The number of fused-ring (bicyclic) bond motifs is 3. The van der Waals surface area contributed by atoms with E-state index in [0.29, 0.717) is 0 Å². The van der Waals surface area contributed by atoms with E-state index in [2.05, 4.69) is 107 Å². The number of anilines is 3. The van der Waals surface area contributed by atoms with Crippen molar-refractivity contribution in [3.05, 3.63) is 158 Å². The first-order chi connectivity index (χ1) is 21.3. The van der Waals surface area contributed by atoms with Crippen molar-refractivity contribution in [2.45, 2.75) is 0 Å². The van der Waals surface area contributed by atoms with Crippen LogP contribution in [0.15, 0.2) is 163 Å². The molecule has 0 bridgehead atoms. The Morgan fingerprint density at radius 1 is 0.535 bits per heavy atom. The molecular formula is C38H26N4O. The van der Waals surface area contributed by atoms with Gasteiger partial charge in [0, 0.05) is 57.0 Å². The Morgan fingerprint density at radius 3 is 2.02 bits per heavy atom. The molecule has 0 fully saturated rings. The average Bonchev–Trinajstić information content (AvgIpc) is 3.71. The predicted octanol–water partition coefficient (Wildman–Crippen LogP) is 9.97. The minimum absolute atomic E-state index is 0.790. The fraction of sp³-hybridized carbons (Fsp3) is 0. The van der Waals surface area contributed by atoms with E-state index >= 15 is 0 Å². The van der Waals surface area contributed by atoms with E-state index in [1.165, 1.54) is 0 Å². The normalized spacial score (nSPS) is 11.3. The van der Waals surface area contributed by atoms with Crippen LogP contribution in [0.2, 0.25) is 0 Å². The topological polar surface area (TPSA) is 47.1 Å². The largest absolute Gasteiger partial charge is 0.454 e. The number of hydrogen-bond acceptors (Lipinski definition) is 4. The molecule has 0 saturated carbocycles. The van der Waals surface area contributed by atoms with Gasteiger partial charge in [0.05, 0.1) is 11.9 Å². The molecule has 0 atom stereocenters. The zero-order valence-corrected chi connectivity index (χ0v) is 23.2. The maximum Gasteiger partial charge on any atom is 0.153 e. The fourth-order valence-corrected chi connectivity index (χ4v) is 5.72. The molecule has 0 amide bonds. The van der Waals surface area contributed by atoms with Gasteiger partial charge in [-0.3, -0.25) is 9.55 Å². The van der Waals surface area contributed by atoms with Crippen molar-refractivity contribution in [3.63, 3.8) is 0 Å². The Morgan fingerprint density at radius 2 is 1.21 bits per heavy atom. The van der Waals surface area contributed by atoms with Gasteiger partial charge in [0.1, 0.15) is 11.4 Å². The van der Waals surface area contributed by atoms with Gasteiger partial charge in [0.2, 0.25) is 0 Å². The van der Waals surface area contributed by atoms with Crippen molar-refractivity contribution in [2.75, 3.05) is 4.90 Å². The van der Waals surface area contributed by atoms with Crippen LogP contribution in [0.25, 0.3) is 50.3 Å². The van der Waals surface area contributed by atoms with Crippen LogP contribution in [0, 0.1) is 0 Å². The maximum absolute atomic E-state index is 6.02. The summed E-state index contributed by atoms with van der Waals surface area (Å²) in [6, 6.07) is 48.0. The van der Waals surface area contributed by atoms with Crippen LogP contribution >= 0.6 is 0 Å². The summed E-state index contributed by atoms with van der Waals surface area (Å²) >= 11 is 0. The summed E-state index contributed by atoms with van der Waals surface area (Å²) in [5, 5.41) is 2.15. The Labute approximate surface area is 248 Å². The van der Waals surface area contributed by atoms with Crippen molar-refractivity contribution in [2.24, 2.45) is 0 Å². The van der Waals surface area contributed by atoms with Gasteiger partial charge in [0.25, 0.3) is 0 Å². The van der Waals surface area contributed by atoms with Crippen LogP contribution in [0.1, 0.15) is 0 Å². The van der Waals surface area contributed by atoms with Crippen molar-refractivity contribution in [1.82, 2.24) is 14.5 Å². The number of para-hydroxylation sites is 3. The molecule has 8 rings (SSSR count). The molecule has 0 aliphatic heterocycles. The number of pyridine rings is 1. The summed E-state index contributed by atoms with van der Waals surface area (Å²) in [6.45, 7) is 0. The molecule has 5 heteroatoms. The van der Waals surface area contributed by atoms with Gasteiger partial charge in [-0.25, -0.2) is 4.98 Å². The number of rotatable bonds is 6. The Bertz CT molecular complexity index is 2200. The lowest BCUT2D eigenvalue weighted by molar-refractivity contribution is 0.667. The summed E-state index contributed by atoms with van der Waals surface area (Å²) in [5.74, 6) is 0.889. The summed E-state index contributed by atoms with van der Waals surface area (Å²) in [6.07, 6.45) is 5.67. The number of nitrogens with zero attached hydrogens (tertiary/aromatic N) is 4. The van der Waals surface area contributed by atoms with Crippen LogP contribution in [-0.2, 0) is 0 Å². The van der Waals surface area contributed by atoms with E-state index in [9.17, 15) is 0 Å². The highest BCUT2D eigenvalue weighted by Gasteiger charge is 2.17.